The van der Waals surface area contributed by atoms with Crippen LogP contribution in [0, 0.1) is 5.92 Å². The highest BCUT2D eigenvalue weighted by Gasteiger charge is 2.39. The molecule has 3 rings (SSSR count). The molecule has 1 aromatic carbocycles. The Labute approximate surface area is 112 Å². The fourth-order valence-electron chi connectivity index (χ4n) is 2.98. The summed E-state index contributed by atoms with van der Waals surface area (Å²) >= 11 is 0. The lowest BCUT2D eigenvalue weighted by atomic mass is 9.78. The van der Waals surface area contributed by atoms with Crippen LogP contribution in [0.15, 0.2) is 29.8 Å². The van der Waals surface area contributed by atoms with E-state index in [9.17, 15) is 9.59 Å². The zero-order chi connectivity index (χ0) is 13.4. The number of benzene rings is 1. The van der Waals surface area contributed by atoms with Gasteiger partial charge < -0.3 is 4.74 Å². The van der Waals surface area contributed by atoms with Crippen LogP contribution < -0.4 is 0 Å². The van der Waals surface area contributed by atoms with Gasteiger partial charge in [-0.15, -0.1) is 0 Å². The predicted octanol–water partition coefficient (Wildman–Crippen LogP) is 3.00. The first-order valence-electron chi connectivity index (χ1n) is 6.79. The lowest BCUT2D eigenvalue weighted by molar-refractivity contribution is -0.112. The summed E-state index contributed by atoms with van der Waals surface area (Å²) in [7, 11) is 0. The second-order valence-corrected chi connectivity index (χ2v) is 5.07. The molecule has 1 atom stereocenters. The highest BCUT2D eigenvalue weighted by molar-refractivity contribution is 6.52. The summed E-state index contributed by atoms with van der Waals surface area (Å²) in [5, 5.41) is 0. The molecule has 0 amide bonds. The molecule has 3 heteroatoms. The number of allylic oxidation sites excluding steroid dienone is 1. The second-order valence-electron chi connectivity index (χ2n) is 5.07. The minimum atomic E-state index is -0.388. The van der Waals surface area contributed by atoms with E-state index in [4.69, 9.17) is 4.74 Å². The van der Waals surface area contributed by atoms with Crippen molar-refractivity contribution in [3.8, 4) is 0 Å². The standard InChI is InChI=1S/C16H16O3/c1-2-5-10-8-9-19-16-12-7-4-3-6-11(12)14(17)15(18)13(10)16/h3-4,6-7,10H,2,5,8-9H2,1H3. The average Bonchev–Trinajstić information content (AvgIpc) is 2.45. The van der Waals surface area contributed by atoms with Crippen LogP contribution in [-0.2, 0) is 9.53 Å². The molecule has 0 radical (unpaired) electrons. The van der Waals surface area contributed by atoms with Gasteiger partial charge in [0, 0.05) is 16.7 Å². The van der Waals surface area contributed by atoms with Crippen LogP contribution in [0.25, 0.3) is 5.76 Å². The van der Waals surface area contributed by atoms with E-state index in [2.05, 4.69) is 6.92 Å². The summed E-state index contributed by atoms with van der Waals surface area (Å²) in [4.78, 5) is 24.5. The first-order valence-corrected chi connectivity index (χ1v) is 6.79. The Morgan fingerprint density at radius 2 is 1.89 bits per heavy atom. The Kier molecular flexibility index (Phi) is 2.97. The van der Waals surface area contributed by atoms with E-state index >= 15 is 0 Å². The average molecular weight is 256 g/mol. The molecule has 1 aliphatic heterocycles. The molecule has 0 saturated carbocycles. The molecule has 0 spiro atoms. The van der Waals surface area contributed by atoms with Gasteiger partial charge in [0.05, 0.1) is 6.61 Å². The minimum Gasteiger partial charge on any atom is -0.492 e. The Morgan fingerprint density at radius 1 is 1.16 bits per heavy atom. The minimum absolute atomic E-state index is 0.165. The summed E-state index contributed by atoms with van der Waals surface area (Å²) in [6, 6.07) is 7.22. The molecule has 0 bridgehead atoms. The van der Waals surface area contributed by atoms with Crippen molar-refractivity contribution in [2.24, 2.45) is 5.92 Å². The van der Waals surface area contributed by atoms with Gasteiger partial charge in [0.2, 0.25) is 11.6 Å². The van der Waals surface area contributed by atoms with E-state index in [1.165, 1.54) is 0 Å². The van der Waals surface area contributed by atoms with Gasteiger partial charge in [-0.25, -0.2) is 0 Å². The van der Waals surface area contributed by atoms with E-state index in [-0.39, 0.29) is 17.5 Å². The quantitative estimate of drug-likeness (QED) is 0.764. The molecule has 2 aliphatic rings. The van der Waals surface area contributed by atoms with Crippen molar-refractivity contribution in [2.75, 3.05) is 6.61 Å². The summed E-state index contributed by atoms with van der Waals surface area (Å²) in [5.74, 6) is 0.0521. The fraction of sp³-hybridized carbons (Fsp3) is 0.375. The van der Waals surface area contributed by atoms with Crippen molar-refractivity contribution < 1.29 is 14.3 Å². The topological polar surface area (TPSA) is 43.4 Å². The smallest absolute Gasteiger partial charge is 0.234 e. The Morgan fingerprint density at radius 3 is 2.63 bits per heavy atom. The van der Waals surface area contributed by atoms with Crippen LogP contribution in [0.2, 0.25) is 0 Å². The number of hydrogen-bond acceptors (Lipinski definition) is 3. The summed E-state index contributed by atoms with van der Waals surface area (Å²) in [6.45, 7) is 2.72. The van der Waals surface area contributed by atoms with E-state index in [0.717, 1.165) is 24.8 Å². The van der Waals surface area contributed by atoms with Gasteiger partial charge >= 0.3 is 0 Å². The predicted molar refractivity (Wildman–Crippen MR) is 71.7 cm³/mol. The first kappa shape index (κ1) is 12.2. The summed E-state index contributed by atoms with van der Waals surface area (Å²) in [6.07, 6.45) is 2.77. The molecule has 3 nitrogen and oxygen atoms in total. The van der Waals surface area contributed by atoms with Gasteiger partial charge in [0.1, 0.15) is 5.76 Å². The monoisotopic (exact) mass is 256 g/mol. The van der Waals surface area contributed by atoms with Crippen LogP contribution >= 0.6 is 0 Å². The lowest BCUT2D eigenvalue weighted by Crippen LogP contribution is -2.31. The van der Waals surface area contributed by atoms with Gasteiger partial charge in [-0.3, -0.25) is 9.59 Å². The van der Waals surface area contributed by atoms with Crippen LogP contribution in [0.1, 0.15) is 42.1 Å². The van der Waals surface area contributed by atoms with Gasteiger partial charge in [-0.1, -0.05) is 37.6 Å². The number of hydrogen-bond donors (Lipinski definition) is 0. The largest absolute Gasteiger partial charge is 0.492 e. The van der Waals surface area contributed by atoms with E-state index in [1.807, 2.05) is 12.1 Å². The third kappa shape index (κ3) is 1.81. The van der Waals surface area contributed by atoms with Gasteiger partial charge in [-0.2, -0.15) is 0 Å². The maximum Gasteiger partial charge on any atom is 0.234 e. The van der Waals surface area contributed by atoms with Crippen molar-refractivity contribution in [3.63, 3.8) is 0 Å². The van der Waals surface area contributed by atoms with Crippen molar-refractivity contribution in [1.82, 2.24) is 0 Å². The summed E-state index contributed by atoms with van der Waals surface area (Å²) < 4.78 is 5.71. The number of ketones is 2. The second kappa shape index (κ2) is 4.65. The molecular formula is C16H16O3. The lowest BCUT2D eigenvalue weighted by Gasteiger charge is -2.31. The molecule has 0 N–H and O–H groups in total. The van der Waals surface area contributed by atoms with Crippen LogP contribution in [0.4, 0.5) is 0 Å². The molecule has 98 valence electrons. The zero-order valence-electron chi connectivity index (χ0n) is 10.9. The number of rotatable bonds is 2. The van der Waals surface area contributed by atoms with Crippen LogP contribution in [-0.4, -0.2) is 18.2 Å². The maximum atomic E-state index is 12.3. The first-order chi connectivity index (χ1) is 9.24. The fourth-order valence-corrected chi connectivity index (χ4v) is 2.98. The number of carbonyl (C=O) groups excluding carboxylic acids is 2. The van der Waals surface area contributed by atoms with E-state index < -0.39 is 0 Å². The van der Waals surface area contributed by atoms with Crippen molar-refractivity contribution in [3.05, 3.63) is 41.0 Å². The van der Waals surface area contributed by atoms with E-state index in [1.54, 1.807) is 12.1 Å². The molecule has 0 fully saturated rings. The van der Waals surface area contributed by atoms with E-state index in [0.29, 0.717) is 23.5 Å². The van der Waals surface area contributed by atoms with Gasteiger partial charge in [-0.05, 0) is 18.8 Å². The molecule has 1 aromatic rings. The summed E-state index contributed by atoms with van der Waals surface area (Å²) in [5.41, 5.74) is 1.86. The number of fused-ring (bicyclic) bond motifs is 2. The van der Waals surface area contributed by atoms with Crippen LogP contribution in [0.5, 0.6) is 0 Å². The van der Waals surface area contributed by atoms with Gasteiger partial charge in [0.15, 0.2) is 0 Å². The SMILES string of the molecule is CCCC1CCOC2=C1C(=O)C(=O)c1ccccc12. The molecule has 1 unspecified atom stereocenters. The Balaban J connectivity index is 2.18. The van der Waals surface area contributed by atoms with Crippen LogP contribution in [0.3, 0.4) is 0 Å². The van der Waals surface area contributed by atoms with Crippen molar-refractivity contribution >= 4 is 17.3 Å². The molecule has 19 heavy (non-hydrogen) atoms. The van der Waals surface area contributed by atoms with Crippen molar-refractivity contribution in [1.29, 1.82) is 0 Å². The highest BCUT2D eigenvalue weighted by atomic mass is 16.5. The van der Waals surface area contributed by atoms with Gasteiger partial charge in [0.25, 0.3) is 0 Å². The Bertz CT molecular complexity index is 583. The normalized spacial score (nSPS) is 21.8. The zero-order valence-corrected chi connectivity index (χ0v) is 10.9. The highest BCUT2D eigenvalue weighted by Crippen LogP contribution is 2.39. The molecule has 0 saturated heterocycles. The maximum absolute atomic E-state index is 12.3. The molecule has 0 aromatic heterocycles. The molecular weight excluding hydrogens is 240 g/mol. The molecule has 1 heterocycles. The number of ether oxygens (including phenoxy) is 1. The van der Waals surface area contributed by atoms with Crippen molar-refractivity contribution in [2.45, 2.75) is 26.2 Å². The number of carbonyl (C=O) groups is 2. The third-order valence-corrected chi connectivity index (χ3v) is 3.87. The Hall–Kier alpha value is -1.90. The number of Topliss-reactive ketones (excluding diaryl/α,β-unsaturated/α-hetero) is 2. The third-order valence-electron chi connectivity index (χ3n) is 3.87. The molecule has 1 aliphatic carbocycles.